The highest BCUT2D eigenvalue weighted by molar-refractivity contribution is 7.85. The van der Waals surface area contributed by atoms with Crippen LogP contribution in [0.25, 0.3) is 0 Å². The molecule has 0 saturated carbocycles. The Labute approximate surface area is 159 Å². The maximum absolute atomic E-state index is 13.1. The van der Waals surface area contributed by atoms with Crippen molar-refractivity contribution in [2.24, 2.45) is 0 Å². The van der Waals surface area contributed by atoms with Crippen LogP contribution in [-0.4, -0.2) is 26.3 Å². The van der Waals surface area contributed by atoms with Gasteiger partial charge in [0.2, 0.25) is 0 Å². The van der Waals surface area contributed by atoms with E-state index >= 15 is 0 Å². The number of benzene rings is 2. The van der Waals surface area contributed by atoms with Crippen LogP contribution in [0.5, 0.6) is 5.75 Å². The third-order valence-electron chi connectivity index (χ3n) is 4.75. The molecule has 0 aromatic heterocycles. The number of fused-ring (bicyclic) bond motifs is 1. The number of aryl methyl sites for hydroxylation is 1. The van der Waals surface area contributed by atoms with Crippen molar-refractivity contribution in [3.8, 4) is 5.75 Å². The number of hydrogen-bond donors (Lipinski definition) is 1. The minimum absolute atomic E-state index is 0.103. The maximum Gasteiger partial charge on any atom is 0.416 e. The Morgan fingerprint density at radius 1 is 1.11 bits per heavy atom. The predicted molar refractivity (Wildman–Crippen MR) is 94.0 cm³/mol. The topological polar surface area (TPSA) is 63.6 Å². The van der Waals surface area contributed by atoms with Crippen molar-refractivity contribution in [3.63, 3.8) is 0 Å². The van der Waals surface area contributed by atoms with Crippen LogP contribution in [0.1, 0.15) is 41.0 Å². The molecular formula is C19H18F4O4S. The third kappa shape index (κ3) is 4.30. The Morgan fingerprint density at radius 3 is 2.46 bits per heavy atom. The van der Waals surface area contributed by atoms with Gasteiger partial charge in [0, 0.05) is 17.5 Å². The van der Waals surface area contributed by atoms with Gasteiger partial charge in [0.25, 0.3) is 10.1 Å². The van der Waals surface area contributed by atoms with Gasteiger partial charge in [-0.3, -0.25) is 8.94 Å². The zero-order chi connectivity index (χ0) is 20.5. The predicted octanol–water partition coefficient (Wildman–Crippen LogP) is 4.77. The summed E-state index contributed by atoms with van der Waals surface area (Å²) >= 11 is 0. The lowest BCUT2D eigenvalue weighted by Gasteiger charge is -2.28. The molecule has 0 saturated heterocycles. The molecule has 28 heavy (non-hydrogen) atoms. The maximum atomic E-state index is 13.1. The standard InChI is InChI=1S/C19H18F4O4S/c20-8-1-2-12-10-13(19(21,22)23)3-5-15(12)16-7-9-27-18-11-14(28(24,25)26)4-6-17(16)18/h3-6,10-11,16H,1-2,7-9H2,(H,24,25,26)/t16-/m0/s1. The number of ether oxygens (including phenoxy) is 1. The molecule has 1 aliphatic heterocycles. The first-order valence-corrected chi connectivity index (χ1v) is 10.1. The number of hydrogen-bond acceptors (Lipinski definition) is 3. The molecule has 1 N–H and O–H groups in total. The van der Waals surface area contributed by atoms with Crippen molar-refractivity contribution in [3.05, 3.63) is 58.7 Å². The van der Waals surface area contributed by atoms with Crippen LogP contribution in [0.3, 0.4) is 0 Å². The number of alkyl halides is 4. The number of rotatable bonds is 5. The normalized spacial score (nSPS) is 17.1. The van der Waals surface area contributed by atoms with E-state index in [1.807, 2.05) is 0 Å². The zero-order valence-corrected chi connectivity index (χ0v) is 15.5. The fourth-order valence-corrected chi connectivity index (χ4v) is 3.95. The molecule has 0 amide bonds. The van der Waals surface area contributed by atoms with Gasteiger partial charge >= 0.3 is 6.18 Å². The Hall–Kier alpha value is -2.13. The summed E-state index contributed by atoms with van der Waals surface area (Å²) in [5.74, 6) is -0.0705. The lowest BCUT2D eigenvalue weighted by Crippen LogP contribution is -2.18. The summed E-state index contributed by atoms with van der Waals surface area (Å²) in [6, 6.07) is 7.34. The quantitative estimate of drug-likeness (QED) is 0.561. The highest BCUT2D eigenvalue weighted by Gasteiger charge is 2.32. The molecule has 0 unspecified atom stereocenters. The van der Waals surface area contributed by atoms with Crippen molar-refractivity contribution in [1.29, 1.82) is 0 Å². The second kappa shape index (κ2) is 7.71. The molecule has 2 aromatic carbocycles. The molecule has 2 aromatic rings. The van der Waals surface area contributed by atoms with E-state index in [4.69, 9.17) is 4.74 Å². The molecule has 0 spiro atoms. The van der Waals surface area contributed by atoms with Crippen molar-refractivity contribution < 1.29 is 35.3 Å². The van der Waals surface area contributed by atoms with Crippen LogP contribution < -0.4 is 4.74 Å². The van der Waals surface area contributed by atoms with Crippen molar-refractivity contribution in [2.75, 3.05) is 13.3 Å². The molecular weight excluding hydrogens is 400 g/mol. The molecule has 9 heteroatoms. The van der Waals surface area contributed by atoms with Gasteiger partial charge in [0.15, 0.2) is 0 Å². The van der Waals surface area contributed by atoms with E-state index in [1.165, 1.54) is 24.3 Å². The van der Waals surface area contributed by atoms with Gasteiger partial charge in [-0.15, -0.1) is 0 Å². The van der Waals surface area contributed by atoms with E-state index < -0.39 is 28.5 Å². The monoisotopic (exact) mass is 418 g/mol. The first-order valence-electron chi connectivity index (χ1n) is 8.61. The SMILES string of the molecule is O=S(=O)(O)c1ccc2c(c1)OCC[C@H]2c1ccc(C(F)(F)F)cc1CCCF. The molecule has 1 heterocycles. The fourth-order valence-electron chi connectivity index (χ4n) is 3.45. The van der Waals surface area contributed by atoms with E-state index in [-0.39, 0.29) is 36.0 Å². The highest BCUT2D eigenvalue weighted by Crippen LogP contribution is 2.42. The van der Waals surface area contributed by atoms with Crippen molar-refractivity contribution in [1.82, 2.24) is 0 Å². The molecule has 0 radical (unpaired) electrons. The van der Waals surface area contributed by atoms with Gasteiger partial charge in [-0.05, 0) is 48.6 Å². The van der Waals surface area contributed by atoms with Crippen LogP contribution >= 0.6 is 0 Å². The van der Waals surface area contributed by atoms with E-state index in [0.29, 0.717) is 23.1 Å². The minimum Gasteiger partial charge on any atom is -0.493 e. The van der Waals surface area contributed by atoms with Gasteiger partial charge in [0.1, 0.15) is 5.75 Å². The first-order chi connectivity index (χ1) is 13.1. The number of halogens is 4. The van der Waals surface area contributed by atoms with Crippen LogP contribution in [0.4, 0.5) is 17.6 Å². The van der Waals surface area contributed by atoms with Gasteiger partial charge in [-0.2, -0.15) is 21.6 Å². The average molecular weight is 418 g/mol. The van der Waals surface area contributed by atoms with E-state index in [2.05, 4.69) is 0 Å². The average Bonchev–Trinajstić information content (AvgIpc) is 2.63. The smallest absolute Gasteiger partial charge is 0.416 e. The van der Waals surface area contributed by atoms with Gasteiger partial charge < -0.3 is 4.74 Å². The molecule has 0 fully saturated rings. The Bertz CT molecular complexity index is 970. The minimum atomic E-state index is -4.50. The van der Waals surface area contributed by atoms with Crippen LogP contribution in [0.2, 0.25) is 0 Å². The van der Waals surface area contributed by atoms with Gasteiger partial charge in [-0.25, -0.2) is 0 Å². The third-order valence-corrected chi connectivity index (χ3v) is 5.60. The summed E-state index contributed by atoms with van der Waals surface area (Å²) in [6.45, 7) is -0.409. The summed E-state index contributed by atoms with van der Waals surface area (Å²) in [4.78, 5) is -0.322. The molecule has 0 bridgehead atoms. The molecule has 3 rings (SSSR count). The van der Waals surface area contributed by atoms with Crippen molar-refractivity contribution >= 4 is 10.1 Å². The second-order valence-electron chi connectivity index (χ2n) is 6.57. The Morgan fingerprint density at radius 2 is 1.82 bits per heavy atom. The van der Waals surface area contributed by atoms with Crippen LogP contribution in [0.15, 0.2) is 41.3 Å². The fraction of sp³-hybridized carbons (Fsp3) is 0.368. The second-order valence-corrected chi connectivity index (χ2v) is 7.99. The Kier molecular flexibility index (Phi) is 5.67. The molecule has 152 valence electrons. The van der Waals surface area contributed by atoms with Gasteiger partial charge in [0.05, 0.1) is 23.7 Å². The van der Waals surface area contributed by atoms with E-state index in [9.17, 15) is 30.5 Å². The van der Waals surface area contributed by atoms with Crippen LogP contribution in [-0.2, 0) is 22.7 Å². The van der Waals surface area contributed by atoms with E-state index in [1.54, 1.807) is 0 Å². The lowest BCUT2D eigenvalue weighted by molar-refractivity contribution is -0.137. The zero-order valence-electron chi connectivity index (χ0n) is 14.7. The summed E-state index contributed by atoms with van der Waals surface area (Å²) in [5.41, 5.74) is 0.855. The molecule has 0 aliphatic carbocycles. The molecule has 1 atom stereocenters. The summed E-state index contributed by atoms with van der Waals surface area (Å²) in [7, 11) is -4.41. The summed E-state index contributed by atoms with van der Waals surface area (Å²) in [6.07, 6.45) is -3.76. The van der Waals surface area contributed by atoms with Gasteiger partial charge in [-0.1, -0.05) is 12.1 Å². The summed E-state index contributed by atoms with van der Waals surface area (Å²) in [5, 5.41) is 0. The Balaban J connectivity index is 2.07. The van der Waals surface area contributed by atoms with E-state index in [0.717, 1.165) is 12.1 Å². The highest BCUT2D eigenvalue weighted by atomic mass is 32.2. The van der Waals surface area contributed by atoms with Crippen molar-refractivity contribution in [2.45, 2.75) is 36.3 Å². The first kappa shape index (κ1) is 20.6. The molecule has 1 aliphatic rings. The largest absolute Gasteiger partial charge is 0.493 e. The summed E-state index contributed by atoms with van der Waals surface area (Å²) < 4.78 is 89.3. The lowest BCUT2D eigenvalue weighted by atomic mass is 9.82. The van der Waals surface area contributed by atoms with Crippen LogP contribution in [0, 0.1) is 0 Å². The molecule has 4 nitrogen and oxygen atoms in total.